The van der Waals surface area contributed by atoms with Crippen LogP contribution in [0.25, 0.3) is 0 Å². The van der Waals surface area contributed by atoms with Crippen molar-refractivity contribution in [3.8, 4) is 0 Å². The molecule has 20 heavy (non-hydrogen) atoms. The van der Waals surface area contributed by atoms with Crippen molar-refractivity contribution in [3.05, 3.63) is 35.6 Å². The summed E-state index contributed by atoms with van der Waals surface area (Å²) >= 11 is 0. The van der Waals surface area contributed by atoms with Gasteiger partial charge in [0, 0.05) is 6.04 Å². The predicted octanol–water partition coefficient (Wildman–Crippen LogP) is 3.44. The van der Waals surface area contributed by atoms with Gasteiger partial charge in [-0.25, -0.2) is 9.18 Å². The summed E-state index contributed by atoms with van der Waals surface area (Å²) in [7, 11) is 0. The molecule has 110 valence electrons. The highest BCUT2D eigenvalue weighted by Crippen LogP contribution is 2.29. The molecule has 1 aliphatic rings. The van der Waals surface area contributed by atoms with E-state index in [1.54, 1.807) is 12.1 Å². The lowest BCUT2D eigenvalue weighted by Crippen LogP contribution is -2.53. The molecule has 0 radical (unpaired) electrons. The van der Waals surface area contributed by atoms with Gasteiger partial charge >= 0.3 is 5.97 Å². The molecule has 1 unspecified atom stereocenters. The average molecular weight is 279 g/mol. The summed E-state index contributed by atoms with van der Waals surface area (Å²) in [5, 5.41) is 13.1. The van der Waals surface area contributed by atoms with Crippen LogP contribution in [0.2, 0.25) is 0 Å². The molecule has 0 aliphatic heterocycles. The Kier molecular flexibility index (Phi) is 4.76. The molecular formula is C16H22FNO2. The van der Waals surface area contributed by atoms with Gasteiger partial charge in [-0.1, -0.05) is 38.3 Å². The van der Waals surface area contributed by atoms with Crippen LogP contribution in [0, 0.1) is 5.82 Å². The first-order valence-electron chi connectivity index (χ1n) is 7.35. The Morgan fingerprint density at radius 1 is 1.30 bits per heavy atom. The molecule has 0 heterocycles. The van der Waals surface area contributed by atoms with Crippen molar-refractivity contribution in [2.24, 2.45) is 0 Å². The number of carboxylic acids is 1. The fourth-order valence-electron chi connectivity index (χ4n) is 3.06. The molecular weight excluding hydrogens is 257 g/mol. The van der Waals surface area contributed by atoms with Gasteiger partial charge in [-0.05, 0) is 37.0 Å². The number of carbonyl (C=O) groups is 1. The topological polar surface area (TPSA) is 49.3 Å². The number of carboxylic acid groups (broad SMARTS) is 1. The minimum absolute atomic E-state index is 0.227. The number of aliphatic carboxylic acids is 1. The van der Waals surface area contributed by atoms with Crippen molar-refractivity contribution >= 4 is 5.97 Å². The molecule has 1 aliphatic carbocycles. The maximum atomic E-state index is 13.1. The Bertz CT molecular complexity index is 454. The van der Waals surface area contributed by atoms with Gasteiger partial charge in [-0.3, -0.25) is 5.32 Å². The largest absolute Gasteiger partial charge is 0.480 e. The zero-order valence-electron chi connectivity index (χ0n) is 11.9. The van der Waals surface area contributed by atoms with Crippen LogP contribution in [0.15, 0.2) is 24.3 Å². The number of halogens is 1. The van der Waals surface area contributed by atoms with Crippen LogP contribution in [-0.2, 0) is 10.3 Å². The second-order valence-corrected chi connectivity index (χ2v) is 5.55. The third kappa shape index (κ3) is 3.01. The van der Waals surface area contributed by atoms with Gasteiger partial charge in [0.2, 0.25) is 0 Å². The smallest absolute Gasteiger partial charge is 0.328 e. The van der Waals surface area contributed by atoms with Crippen LogP contribution >= 0.6 is 0 Å². The number of hydrogen-bond acceptors (Lipinski definition) is 2. The van der Waals surface area contributed by atoms with Gasteiger partial charge in [0.15, 0.2) is 0 Å². The summed E-state index contributed by atoms with van der Waals surface area (Å²) in [6, 6.07) is 6.02. The summed E-state index contributed by atoms with van der Waals surface area (Å²) in [4.78, 5) is 11.9. The Balaban J connectivity index is 2.28. The molecule has 3 nitrogen and oxygen atoms in total. The molecule has 1 fully saturated rings. The third-order valence-corrected chi connectivity index (χ3v) is 4.29. The highest BCUT2D eigenvalue weighted by molar-refractivity contribution is 5.80. The molecule has 2 rings (SSSR count). The minimum Gasteiger partial charge on any atom is -0.480 e. The molecule has 1 aromatic carbocycles. The number of nitrogens with one attached hydrogen (secondary N) is 1. The molecule has 1 saturated carbocycles. The predicted molar refractivity (Wildman–Crippen MR) is 76.0 cm³/mol. The Morgan fingerprint density at radius 3 is 2.40 bits per heavy atom. The fourth-order valence-corrected chi connectivity index (χ4v) is 3.06. The summed E-state index contributed by atoms with van der Waals surface area (Å²) in [6.45, 7) is 1.85. The fraction of sp³-hybridized carbons (Fsp3) is 0.562. The van der Waals surface area contributed by atoms with E-state index in [-0.39, 0.29) is 11.9 Å². The number of benzene rings is 1. The zero-order valence-corrected chi connectivity index (χ0v) is 11.9. The van der Waals surface area contributed by atoms with Gasteiger partial charge in [0.05, 0.1) is 0 Å². The molecule has 4 heteroatoms. The highest BCUT2D eigenvalue weighted by atomic mass is 19.1. The van der Waals surface area contributed by atoms with Crippen LogP contribution in [0.4, 0.5) is 4.39 Å². The van der Waals surface area contributed by atoms with Crippen LogP contribution in [0.5, 0.6) is 0 Å². The van der Waals surface area contributed by atoms with Crippen LogP contribution < -0.4 is 5.32 Å². The first-order chi connectivity index (χ1) is 9.58. The van der Waals surface area contributed by atoms with Gasteiger partial charge in [0.25, 0.3) is 0 Å². The third-order valence-electron chi connectivity index (χ3n) is 4.29. The molecule has 0 bridgehead atoms. The van der Waals surface area contributed by atoms with E-state index in [2.05, 4.69) is 5.32 Å². The van der Waals surface area contributed by atoms with Crippen molar-refractivity contribution in [2.45, 2.75) is 57.0 Å². The Labute approximate surface area is 119 Å². The van der Waals surface area contributed by atoms with Crippen LogP contribution in [-0.4, -0.2) is 17.1 Å². The lowest BCUT2D eigenvalue weighted by atomic mass is 9.84. The molecule has 0 aromatic heterocycles. The van der Waals surface area contributed by atoms with E-state index in [9.17, 15) is 14.3 Å². The molecule has 1 atom stereocenters. The summed E-state index contributed by atoms with van der Waals surface area (Å²) < 4.78 is 13.1. The summed E-state index contributed by atoms with van der Waals surface area (Å²) in [5.41, 5.74) is -0.491. The first kappa shape index (κ1) is 15.0. The van der Waals surface area contributed by atoms with Gasteiger partial charge in [-0.15, -0.1) is 0 Å². The molecule has 0 spiro atoms. The average Bonchev–Trinajstić information content (AvgIpc) is 2.46. The maximum absolute atomic E-state index is 13.1. The van der Waals surface area contributed by atoms with Crippen molar-refractivity contribution in [3.63, 3.8) is 0 Å². The SMILES string of the molecule is CCC(NC1CCCCC1)(C(=O)O)c1ccc(F)cc1. The van der Waals surface area contributed by atoms with E-state index < -0.39 is 11.5 Å². The van der Waals surface area contributed by atoms with Gasteiger partial charge < -0.3 is 5.11 Å². The molecule has 1 aromatic rings. The molecule has 0 amide bonds. The lowest BCUT2D eigenvalue weighted by Gasteiger charge is -2.36. The zero-order chi connectivity index (χ0) is 14.6. The number of hydrogen-bond donors (Lipinski definition) is 2. The van der Waals surface area contributed by atoms with Crippen molar-refractivity contribution in [1.82, 2.24) is 5.32 Å². The van der Waals surface area contributed by atoms with E-state index >= 15 is 0 Å². The van der Waals surface area contributed by atoms with Gasteiger partial charge in [0.1, 0.15) is 11.4 Å². The second kappa shape index (κ2) is 6.35. The second-order valence-electron chi connectivity index (χ2n) is 5.55. The summed E-state index contributed by atoms with van der Waals surface area (Å²) in [6.07, 6.45) is 5.96. The van der Waals surface area contributed by atoms with Crippen molar-refractivity contribution in [1.29, 1.82) is 0 Å². The normalized spacial score (nSPS) is 19.5. The van der Waals surface area contributed by atoms with Crippen molar-refractivity contribution in [2.75, 3.05) is 0 Å². The Hall–Kier alpha value is -1.42. The van der Waals surface area contributed by atoms with E-state index in [1.807, 2.05) is 6.92 Å². The molecule has 2 N–H and O–H groups in total. The standard InChI is InChI=1S/C16H22FNO2/c1-2-16(15(19)20,12-8-10-13(17)11-9-12)18-14-6-4-3-5-7-14/h8-11,14,18H,2-7H2,1H3,(H,19,20). The van der Waals surface area contributed by atoms with Crippen LogP contribution in [0.1, 0.15) is 51.0 Å². The lowest BCUT2D eigenvalue weighted by molar-refractivity contribution is -0.146. The monoisotopic (exact) mass is 279 g/mol. The minimum atomic E-state index is -1.12. The molecule has 0 saturated heterocycles. The van der Waals surface area contributed by atoms with Crippen molar-refractivity contribution < 1.29 is 14.3 Å². The van der Waals surface area contributed by atoms with E-state index in [0.29, 0.717) is 12.0 Å². The highest BCUT2D eigenvalue weighted by Gasteiger charge is 2.40. The van der Waals surface area contributed by atoms with E-state index in [1.165, 1.54) is 18.6 Å². The van der Waals surface area contributed by atoms with Crippen LogP contribution in [0.3, 0.4) is 0 Å². The van der Waals surface area contributed by atoms with E-state index in [4.69, 9.17) is 0 Å². The first-order valence-corrected chi connectivity index (χ1v) is 7.35. The maximum Gasteiger partial charge on any atom is 0.328 e. The Morgan fingerprint density at radius 2 is 1.90 bits per heavy atom. The quantitative estimate of drug-likeness (QED) is 0.868. The van der Waals surface area contributed by atoms with E-state index in [0.717, 1.165) is 25.7 Å². The summed E-state index contributed by atoms with van der Waals surface area (Å²) in [5.74, 6) is -1.24. The number of rotatable bonds is 5. The van der Waals surface area contributed by atoms with Gasteiger partial charge in [-0.2, -0.15) is 0 Å².